The second-order valence-corrected chi connectivity index (χ2v) is 6.60. The lowest BCUT2D eigenvalue weighted by molar-refractivity contribution is -0.137. The zero-order valence-electron chi connectivity index (χ0n) is 14.9. The van der Waals surface area contributed by atoms with Gasteiger partial charge in [-0.3, -0.25) is 4.79 Å². The molecular weight excluding hydrogens is 409 g/mol. The zero-order valence-corrected chi connectivity index (χ0v) is 15.7. The Hall–Kier alpha value is -2.84. The Morgan fingerprint density at radius 1 is 1.14 bits per heavy atom. The molecule has 0 bridgehead atoms. The van der Waals surface area contributed by atoms with Crippen LogP contribution in [0.2, 0.25) is 5.02 Å². The average Bonchev–Trinajstić information content (AvgIpc) is 3.09. The molecule has 1 aromatic heterocycles. The number of rotatable bonds is 6. The van der Waals surface area contributed by atoms with Crippen molar-refractivity contribution >= 4 is 17.5 Å². The zero-order chi connectivity index (χ0) is 21.0. The van der Waals surface area contributed by atoms with Crippen LogP contribution in [0.4, 0.5) is 13.2 Å². The van der Waals surface area contributed by atoms with Crippen LogP contribution in [-0.2, 0) is 6.18 Å². The number of alkyl halides is 3. The Labute approximate surface area is 169 Å². The van der Waals surface area contributed by atoms with Crippen LogP contribution in [0.25, 0.3) is 11.3 Å². The molecule has 1 unspecified atom stereocenters. The number of hydrogen-bond acceptors (Lipinski definition) is 4. The number of amides is 1. The highest BCUT2D eigenvalue weighted by molar-refractivity contribution is 6.35. The van der Waals surface area contributed by atoms with E-state index in [0.717, 1.165) is 17.7 Å². The van der Waals surface area contributed by atoms with Gasteiger partial charge in [0.25, 0.3) is 5.91 Å². The summed E-state index contributed by atoms with van der Waals surface area (Å²) < 4.78 is 43.0. The van der Waals surface area contributed by atoms with Crippen LogP contribution in [0.5, 0.6) is 0 Å². The topological polar surface area (TPSA) is 75.4 Å². The number of nitrogens with zero attached hydrogens (tertiary/aromatic N) is 1. The molecule has 9 heteroatoms. The number of aliphatic hydroxyl groups is 1. The Bertz CT molecular complexity index is 973. The molecule has 1 heterocycles. The van der Waals surface area contributed by atoms with Gasteiger partial charge in [0.05, 0.1) is 11.7 Å². The van der Waals surface area contributed by atoms with E-state index in [1.54, 1.807) is 24.3 Å². The third-order valence-corrected chi connectivity index (χ3v) is 4.56. The van der Waals surface area contributed by atoms with Crippen LogP contribution in [0, 0.1) is 0 Å². The monoisotopic (exact) mass is 424 g/mol. The van der Waals surface area contributed by atoms with E-state index >= 15 is 0 Å². The van der Waals surface area contributed by atoms with E-state index in [0.29, 0.717) is 0 Å². The van der Waals surface area contributed by atoms with E-state index in [1.165, 1.54) is 12.1 Å². The molecule has 0 saturated carbocycles. The molecule has 0 aliphatic heterocycles. The molecule has 0 aliphatic carbocycles. The van der Waals surface area contributed by atoms with Gasteiger partial charge in [-0.1, -0.05) is 59.2 Å². The summed E-state index contributed by atoms with van der Waals surface area (Å²) in [5.41, 5.74) is -0.0116. The summed E-state index contributed by atoms with van der Waals surface area (Å²) in [6, 6.07) is 13.1. The van der Waals surface area contributed by atoms with Crippen LogP contribution < -0.4 is 5.32 Å². The molecule has 2 aromatic carbocycles. The summed E-state index contributed by atoms with van der Waals surface area (Å²) in [6.07, 6.45) is -4.93. The molecule has 1 amide bonds. The van der Waals surface area contributed by atoms with E-state index in [1.807, 2.05) is 6.07 Å². The largest absolute Gasteiger partial charge is 0.416 e. The lowest BCUT2D eigenvalue weighted by Gasteiger charge is -2.11. The van der Waals surface area contributed by atoms with Gasteiger partial charge in [0.1, 0.15) is 5.02 Å². The summed E-state index contributed by atoms with van der Waals surface area (Å²) in [6.45, 7) is 0.160. The van der Waals surface area contributed by atoms with Crippen LogP contribution in [0.1, 0.15) is 34.1 Å². The van der Waals surface area contributed by atoms with Gasteiger partial charge < -0.3 is 14.9 Å². The molecule has 29 heavy (non-hydrogen) atoms. The average molecular weight is 425 g/mol. The highest BCUT2D eigenvalue weighted by Crippen LogP contribution is 2.34. The minimum Gasteiger partial charge on any atom is -0.388 e. The molecular formula is C20H16ClF3N2O3. The maximum absolute atomic E-state index is 12.7. The van der Waals surface area contributed by atoms with Crippen molar-refractivity contribution in [3.63, 3.8) is 0 Å². The molecule has 0 radical (unpaired) electrons. The highest BCUT2D eigenvalue weighted by Gasteiger charge is 2.30. The number of carbonyl (C=O) groups excluding carboxylic acids is 1. The standard InChI is InChI=1S/C20H16ClF3N2O3/c21-16-17(19(28)25-11-10-15(27)12-4-2-1-3-5-12)26-29-18(16)13-6-8-14(9-7-13)20(22,23)24/h1-9,15,27H,10-11H2,(H,25,28). The number of halogens is 4. The van der Waals surface area contributed by atoms with E-state index in [9.17, 15) is 23.1 Å². The fraction of sp³-hybridized carbons (Fsp3) is 0.200. The third-order valence-electron chi connectivity index (χ3n) is 4.21. The molecule has 3 aromatic rings. The highest BCUT2D eigenvalue weighted by atomic mass is 35.5. The lowest BCUT2D eigenvalue weighted by Crippen LogP contribution is -2.26. The number of carbonyl (C=O) groups is 1. The Morgan fingerprint density at radius 3 is 2.41 bits per heavy atom. The first-order valence-corrected chi connectivity index (χ1v) is 8.99. The fourth-order valence-electron chi connectivity index (χ4n) is 2.66. The fourth-order valence-corrected chi connectivity index (χ4v) is 2.92. The molecule has 152 valence electrons. The van der Waals surface area contributed by atoms with Gasteiger partial charge in [-0.25, -0.2) is 0 Å². The summed E-state index contributed by atoms with van der Waals surface area (Å²) in [5, 5.41) is 16.2. The lowest BCUT2D eigenvalue weighted by atomic mass is 10.1. The SMILES string of the molecule is O=C(NCCC(O)c1ccccc1)c1noc(-c2ccc(C(F)(F)F)cc2)c1Cl. The molecule has 3 rings (SSSR count). The molecule has 1 atom stereocenters. The van der Waals surface area contributed by atoms with E-state index < -0.39 is 23.8 Å². The van der Waals surface area contributed by atoms with Crippen molar-refractivity contribution in [3.8, 4) is 11.3 Å². The predicted molar refractivity (Wildman–Crippen MR) is 100 cm³/mol. The number of hydrogen-bond donors (Lipinski definition) is 2. The summed E-state index contributed by atoms with van der Waals surface area (Å²) in [4.78, 5) is 12.3. The smallest absolute Gasteiger partial charge is 0.388 e. The predicted octanol–water partition coefficient (Wildman–Crippen LogP) is 4.87. The van der Waals surface area contributed by atoms with E-state index in [-0.39, 0.29) is 35.0 Å². The van der Waals surface area contributed by atoms with Crippen molar-refractivity contribution in [2.75, 3.05) is 6.54 Å². The molecule has 2 N–H and O–H groups in total. The number of nitrogens with one attached hydrogen (secondary N) is 1. The van der Waals surface area contributed by atoms with Gasteiger partial charge in [0.2, 0.25) is 0 Å². The van der Waals surface area contributed by atoms with Crippen LogP contribution >= 0.6 is 11.6 Å². The van der Waals surface area contributed by atoms with Crippen LogP contribution in [0.15, 0.2) is 59.1 Å². The Morgan fingerprint density at radius 2 is 1.79 bits per heavy atom. The summed E-state index contributed by atoms with van der Waals surface area (Å²) in [7, 11) is 0. The normalized spacial score (nSPS) is 12.6. The van der Waals surface area contributed by atoms with Crippen molar-refractivity contribution in [2.45, 2.75) is 18.7 Å². The van der Waals surface area contributed by atoms with Crippen molar-refractivity contribution in [2.24, 2.45) is 0 Å². The van der Waals surface area contributed by atoms with Crippen molar-refractivity contribution in [3.05, 3.63) is 76.4 Å². The maximum Gasteiger partial charge on any atom is 0.416 e. The minimum absolute atomic E-state index is 0.00476. The van der Waals surface area contributed by atoms with Crippen molar-refractivity contribution in [1.82, 2.24) is 10.5 Å². The van der Waals surface area contributed by atoms with Crippen molar-refractivity contribution < 1.29 is 27.6 Å². The van der Waals surface area contributed by atoms with Gasteiger partial charge >= 0.3 is 6.18 Å². The first-order valence-electron chi connectivity index (χ1n) is 8.61. The van der Waals surface area contributed by atoms with Gasteiger partial charge in [-0.05, 0) is 24.1 Å². The first-order chi connectivity index (χ1) is 13.8. The first kappa shape index (κ1) is 20.9. The second-order valence-electron chi connectivity index (χ2n) is 6.22. The number of aromatic nitrogens is 1. The summed E-state index contributed by atoms with van der Waals surface area (Å²) in [5.74, 6) is -0.618. The number of aliphatic hydroxyl groups excluding tert-OH is 1. The molecule has 0 aliphatic rings. The second kappa shape index (κ2) is 8.67. The summed E-state index contributed by atoms with van der Waals surface area (Å²) >= 11 is 6.13. The minimum atomic E-state index is -4.46. The van der Waals surface area contributed by atoms with Gasteiger partial charge in [-0.15, -0.1) is 0 Å². The van der Waals surface area contributed by atoms with Crippen LogP contribution in [-0.4, -0.2) is 22.7 Å². The van der Waals surface area contributed by atoms with Gasteiger partial charge in [0, 0.05) is 12.1 Å². The quantitative estimate of drug-likeness (QED) is 0.592. The van der Waals surface area contributed by atoms with E-state index in [4.69, 9.17) is 16.1 Å². The van der Waals surface area contributed by atoms with Gasteiger partial charge in [-0.2, -0.15) is 13.2 Å². The van der Waals surface area contributed by atoms with E-state index in [2.05, 4.69) is 10.5 Å². The Balaban J connectivity index is 1.63. The maximum atomic E-state index is 12.7. The van der Waals surface area contributed by atoms with Crippen LogP contribution in [0.3, 0.4) is 0 Å². The van der Waals surface area contributed by atoms with Crippen molar-refractivity contribution in [1.29, 1.82) is 0 Å². The third kappa shape index (κ3) is 4.96. The Kier molecular flexibility index (Phi) is 6.24. The van der Waals surface area contributed by atoms with Gasteiger partial charge in [0.15, 0.2) is 11.5 Å². The molecule has 0 spiro atoms. The molecule has 5 nitrogen and oxygen atoms in total. The number of benzene rings is 2. The molecule has 0 saturated heterocycles. The molecule has 0 fully saturated rings.